The number of anilines is 1. The van der Waals surface area contributed by atoms with E-state index in [1.165, 1.54) is 12.1 Å². The molecule has 2 aromatic carbocycles. The van der Waals surface area contributed by atoms with E-state index in [0.717, 1.165) is 27.4 Å². The van der Waals surface area contributed by atoms with Gasteiger partial charge in [0.05, 0.1) is 18.1 Å². The fourth-order valence-corrected chi connectivity index (χ4v) is 2.69. The molecule has 0 aliphatic heterocycles. The molecule has 0 saturated heterocycles. The van der Waals surface area contributed by atoms with E-state index in [9.17, 15) is 9.18 Å². The minimum atomic E-state index is -0.316. The van der Waals surface area contributed by atoms with Crippen molar-refractivity contribution in [2.75, 3.05) is 5.32 Å². The second-order valence-corrected chi connectivity index (χ2v) is 5.40. The van der Waals surface area contributed by atoms with Gasteiger partial charge >= 0.3 is 0 Å². The molecule has 4 aromatic rings. The molecule has 0 spiro atoms. The number of hydrogen-bond acceptors (Lipinski definition) is 2. The van der Waals surface area contributed by atoms with Crippen LogP contribution in [0.2, 0.25) is 0 Å². The predicted octanol–water partition coefficient (Wildman–Crippen LogP) is 3.36. The molecule has 1 amide bonds. The van der Waals surface area contributed by atoms with Crippen LogP contribution in [0.1, 0.15) is 5.56 Å². The summed E-state index contributed by atoms with van der Waals surface area (Å²) in [4.78, 5) is 15.3. The van der Waals surface area contributed by atoms with Crippen LogP contribution in [-0.2, 0) is 11.2 Å². The molecule has 0 atom stereocenters. The number of carbonyl (C=O) groups excluding carboxylic acids is 1. The number of aromatic amines is 2. The van der Waals surface area contributed by atoms with E-state index in [2.05, 4.69) is 20.5 Å². The molecule has 5 nitrogen and oxygen atoms in total. The minimum Gasteiger partial charge on any atom is -0.361 e. The number of hydrogen-bond donors (Lipinski definition) is 3. The van der Waals surface area contributed by atoms with Gasteiger partial charge in [0.15, 0.2) is 0 Å². The van der Waals surface area contributed by atoms with Crippen molar-refractivity contribution in [3.8, 4) is 0 Å². The average molecular weight is 308 g/mol. The number of nitrogens with zero attached hydrogens (tertiary/aromatic N) is 1. The van der Waals surface area contributed by atoms with Crippen LogP contribution in [0.5, 0.6) is 0 Å². The summed E-state index contributed by atoms with van der Waals surface area (Å²) in [6.45, 7) is 0. The van der Waals surface area contributed by atoms with Crippen LogP contribution >= 0.6 is 0 Å². The number of H-pyrrole nitrogens is 2. The first-order valence-electron chi connectivity index (χ1n) is 7.17. The SMILES string of the molecule is O=C(Cc1c[nH]c2ccc(F)cc12)Nc1ccc2cn[nH]c2c1. The summed E-state index contributed by atoms with van der Waals surface area (Å²) >= 11 is 0. The minimum absolute atomic E-state index is 0.158. The zero-order chi connectivity index (χ0) is 15.8. The maximum Gasteiger partial charge on any atom is 0.228 e. The number of fused-ring (bicyclic) bond motifs is 2. The van der Waals surface area contributed by atoms with Gasteiger partial charge in [-0.15, -0.1) is 0 Å². The Bertz CT molecular complexity index is 1020. The molecule has 4 rings (SSSR count). The molecule has 0 aliphatic rings. The van der Waals surface area contributed by atoms with E-state index in [-0.39, 0.29) is 18.1 Å². The zero-order valence-electron chi connectivity index (χ0n) is 12.1. The molecule has 0 bridgehead atoms. The fourth-order valence-electron chi connectivity index (χ4n) is 2.69. The lowest BCUT2D eigenvalue weighted by atomic mass is 10.1. The van der Waals surface area contributed by atoms with Crippen LogP contribution in [-0.4, -0.2) is 21.1 Å². The Morgan fingerprint density at radius 3 is 3.00 bits per heavy atom. The van der Waals surface area contributed by atoms with Gasteiger partial charge in [0.25, 0.3) is 0 Å². The van der Waals surface area contributed by atoms with E-state index in [4.69, 9.17) is 0 Å². The summed E-state index contributed by atoms with van der Waals surface area (Å²) in [5.74, 6) is -0.475. The maximum atomic E-state index is 13.4. The largest absolute Gasteiger partial charge is 0.361 e. The second-order valence-electron chi connectivity index (χ2n) is 5.40. The molecule has 114 valence electrons. The highest BCUT2D eigenvalue weighted by molar-refractivity contribution is 5.97. The van der Waals surface area contributed by atoms with Crippen molar-refractivity contribution in [1.29, 1.82) is 0 Å². The summed E-state index contributed by atoms with van der Waals surface area (Å²) in [5.41, 5.74) is 3.13. The van der Waals surface area contributed by atoms with E-state index in [1.807, 2.05) is 18.2 Å². The molecule has 0 aliphatic carbocycles. The van der Waals surface area contributed by atoms with Crippen molar-refractivity contribution in [2.24, 2.45) is 0 Å². The number of carbonyl (C=O) groups is 1. The first kappa shape index (κ1) is 13.5. The van der Waals surface area contributed by atoms with Crippen LogP contribution < -0.4 is 5.32 Å². The third-order valence-electron chi connectivity index (χ3n) is 3.81. The van der Waals surface area contributed by atoms with E-state index in [0.29, 0.717) is 5.69 Å². The molecule has 2 aromatic heterocycles. The zero-order valence-corrected chi connectivity index (χ0v) is 12.1. The lowest BCUT2D eigenvalue weighted by Crippen LogP contribution is -2.14. The van der Waals surface area contributed by atoms with Crippen molar-refractivity contribution in [2.45, 2.75) is 6.42 Å². The first-order chi connectivity index (χ1) is 11.2. The average Bonchev–Trinajstić information content (AvgIpc) is 3.14. The summed E-state index contributed by atoms with van der Waals surface area (Å²) in [5, 5.41) is 11.4. The molecule has 0 radical (unpaired) electrons. The highest BCUT2D eigenvalue weighted by atomic mass is 19.1. The Balaban J connectivity index is 1.55. The van der Waals surface area contributed by atoms with Crippen LogP contribution in [0.15, 0.2) is 48.8 Å². The van der Waals surface area contributed by atoms with Gasteiger partial charge in [-0.2, -0.15) is 5.10 Å². The smallest absolute Gasteiger partial charge is 0.228 e. The maximum absolute atomic E-state index is 13.4. The first-order valence-corrected chi connectivity index (χ1v) is 7.17. The molecule has 0 saturated carbocycles. The fraction of sp³-hybridized carbons (Fsp3) is 0.0588. The van der Waals surface area contributed by atoms with Gasteiger partial charge in [-0.3, -0.25) is 9.89 Å². The topological polar surface area (TPSA) is 73.6 Å². The van der Waals surface area contributed by atoms with E-state index in [1.54, 1.807) is 18.5 Å². The summed E-state index contributed by atoms with van der Waals surface area (Å²) < 4.78 is 13.4. The Hall–Kier alpha value is -3.15. The van der Waals surface area contributed by atoms with E-state index >= 15 is 0 Å². The van der Waals surface area contributed by atoms with Crippen molar-refractivity contribution < 1.29 is 9.18 Å². The summed E-state index contributed by atoms with van der Waals surface area (Å²) in [6, 6.07) is 10.0. The molecule has 0 unspecified atom stereocenters. The number of rotatable bonds is 3. The standard InChI is InChI=1S/C17H13FN4O/c18-12-2-4-15-14(6-12)11(8-19-15)5-17(23)21-13-3-1-10-9-20-22-16(10)7-13/h1-4,6-9,19H,5H2,(H,20,22)(H,21,23). The van der Waals surface area contributed by atoms with Crippen molar-refractivity contribution in [3.63, 3.8) is 0 Å². The van der Waals surface area contributed by atoms with Gasteiger partial charge < -0.3 is 10.3 Å². The van der Waals surface area contributed by atoms with Crippen LogP contribution in [0, 0.1) is 5.82 Å². The number of benzene rings is 2. The summed E-state index contributed by atoms with van der Waals surface area (Å²) in [6.07, 6.45) is 3.63. The van der Waals surface area contributed by atoms with Gasteiger partial charge in [0.2, 0.25) is 5.91 Å². The molecule has 23 heavy (non-hydrogen) atoms. The van der Waals surface area contributed by atoms with Crippen molar-refractivity contribution in [3.05, 3.63) is 60.2 Å². The number of halogens is 1. The molecule has 0 fully saturated rings. The van der Waals surface area contributed by atoms with Crippen LogP contribution in [0.25, 0.3) is 21.8 Å². The third-order valence-corrected chi connectivity index (χ3v) is 3.81. The van der Waals surface area contributed by atoms with Gasteiger partial charge in [-0.1, -0.05) is 0 Å². The number of nitrogens with one attached hydrogen (secondary N) is 3. The normalized spacial score (nSPS) is 11.2. The lowest BCUT2D eigenvalue weighted by molar-refractivity contribution is -0.115. The Labute approximate surface area is 130 Å². The second kappa shape index (κ2) is 5.24. The molecular formula is C17H13FN4O. The highest BCUT2D eigenvalue weighted by Gasteiger charge is 2.10. The quantitative estimate of drug-likeness (QED) is 0.543. The lowest BCUT2D eigenvalue weighted by Gasteiger charge is -2.05. The van der Waals surface area contributed by atoms with Crippen molar-refractivity contribution >= 4 is 33.4 Å². The number of aromatic nitrogens is 3. The molecule has 2 heterocycles. The highest BCUT2D eigenvalue weighted by Crippen LogP contribution is 2.21. The molecule has 3 N–H and O–H groups in total. The monoisotopic (exact) mass is 308 g/mol. The molecular weight excluding hydrogens is 295 g/mol. The van der Waals surface area contributed by atoms with Gasteiger partial charge in [0, 0.05) is 28.2 Å². The van der Waals surface area contributed by atoms with Crippen LogP contribution in [0.3, 0.4) is 0 Å². The van der Waals surface area contributed by atoms with Crippen LogP contribution in [0.4, 0.5) is 10.1 Å². The van der Waals surface area contributed by atoms with Gasteiger partial charge in [-0.05, 0) is 42.0 Å². The summed E-state index contributed by atoms with van der Waals surface area (Å²) in [7, 11) is 0. The van der Waals surface area contributed by atoms with Gasteiger partial charge in [0.1, 0.15) is 5.82 Å². The Kier molecular flexibility index (Phi) is 3.08. The van der Waals surface area contributed by atoms with E-state index < -0.39 is 0 Å². The third kappa shape index (κ3) is 2.55. The Morgan fingerprint density at radius 1 is 1.17 bits per heavy atom. The molecule has 6 heteroatoms. The number of amides is 1. The van der Waals surface area contributed by atoms with Gasteiger partial charge in [-0.25, -0.2) is 4.39 Å². The van der Waals surface area contributed by atoms with Crippen molar-refractivity contribution in [1.82, 2.24) is 15.2 Å². The Morgan fingerprint density at radius 2 is 2.09 bits per heavy atom. The predicted molar refractivity (Wildman–Crippen MR) is 86.7 cm³/mol.